The van der Waals surface area contributed by atoms with Crippen LogP contribution in [0.3, 0.4) is 0 Å². The second-order valence-corrected chi connectivity index (χ2v) is 6.09. The lowest BCUT2D eigenvalue weighted by molar-refractivity contribution is 0.538. The van der Waals surface area contributed by atoms with E-state index in [-0.39, 0.29) is 10.9 Å². The molecule has 1 aliphatic rings. The van der Waals surface area contributed by atoms with E-state index < -0.39 is 10.0 Å². The third kappa shape index (κ3) is 2.95. The van der Waals surface area contributed by atoms with Gasteiger partial charge in [-0.15, -0.1) is 0 Å². The van der Waals surface area contributed by atoms with Gasteiger partial charge >= 0.3 is 0 Å². The molecule has 0 amide bonds. The molecule has 1 unspecified atom stereocenters. The molecule has 6 heteroatoms. The molecule has 0 radical (unpaired) electrons. The Kier molecular flexibility index (Phi) is 3.35. The van der Waals surface area contributed by atoms with E-state index in [1.54, 1.807) is 19.2 Å². The summed E-state index contributed by atoms with van der Waals surface area (Å²) >= 11 is 0. The van der Waals surface area contributed by atoms with Crippen molar-refractivity contribution < 1.29 is 8.42 Å². The van der Waals surface area contributed by atoms with Crippen LogP contribution in [0, 0.1) is 5.92 Å². The van der Waals surface area contributed by atoms with Crippen molar-refractivity contribution in [3.8, 4) is 0 Å². The summed E-state index contributed by atoms with van der Waals surface area (Å²) in [5.74, 6) is 1.15. The fourth-order valence-corrected chi connectivity index (χ4v) is 2.95. The minimum Gasteiger partial charge on any atom is -0.373 e. The van der Waals surface area contributed by atoms with Crippen LogP contribution >= 0.6 is 0 Å². The molecule has 5 nitrogen and oxygen atoms in total. The normalized spacial score (nSPS) is 17.8. The number of hydrogen-bond donors (Lipinski definition) is 2. The summed E-state index contributed by atoms with van der Waals surface area (Å²) < 4.78 is 26.7. The first-order chi connectivity index (χ1) is 8.03. The van der Waals surface area contributed by atoms with Crippen molar-refractivity contribution in [2.75, 3.05) is 12.4 Å². The van der Waals surface area contributed by atoms with Crippen molar-refractivity contribution >= 4 is 15.8 Å². The molecular formula is C11H17N3O2S. The van der Waals surface area contributed by atoms with Crippen LogP contribution in [0.5, 0.6) is 0 Å². The van der Waals surface area contributed by atoms with Crippen LogP contribution in [-0.4, -0.2) is 26.5 Å². The molecule has 1 heterocycles. The Bertz CT molecular complexity index is 480. The predicted octanol–water partition coefficient (Wildman–Crippen LogP) is 1.20. The van der Waals surface area contributed by atoms with Gasteiger partial charge in [0.2, 0.25) is 10.0 Å². The first-order valence-corrected chi connectivity index (χ1v) is 7.17. The molecule has 0 spiro atoms. The fraction of sp³-hybridized carbons (Fsp3) is 0.545. The van der Waals surface area contributed by atoms with Crippen molar-refractivity contribution in [2.24, 2.45) is 5.92 Å². The highest BCUT2D eigenvalue weighted by atomic mass is 32.2. The number of nitrogens with zero attached hydrogens (tertiary/aromatic N) is 1. The van der Waals surface area contributed by atoms with Gasteiger partial charge in [0.05, 0.1) is 0 Å². The summed E-state index contributed by atoms with van der Waals surface area (Å²) in [7, 11) is -1.69. The van der Waals surface area contributed by atoms with E-state index in [0.29, 0.717) is 11.7 Å². The third-order valence-corrected chi connectivity index (χ3v) is 4.52. The number of anilines is 1. The van der Waals surface area contributed by atoms with Crippen molar-refractivity contribution in [3.63, 3.8) is 0 Å². The highest BCUT2D eigenvalue weighted by Crippen LogP contribution is 2.32. The standard InChI is InChI=1S/C11H17N3O2S/c1-8(9-3-4-9)14-17(15,16)10-5-6-11(12-2)13-7-10/h5-9,14H,3-4H2,1-2H3,(H,12,13). The van der Waals surface area contributed by atoms with E-state index in [4.69, 9.17) is 0 Å². The number of aromatic nitrogens is 1. The van der Waals surface area contributed by atoms with Crippen molar-refractivity contribution in [1.29, 1.82) is 0 Å². The van der Waals surface area contributed by atoms with Crippen molar-refractivity contribution in [2.45, 2.75) is 30.7 Å². The Balaban J connectivity index is 2.12. The van der Waals surface area contributed by atoms with Crippen LogP contribution in [-0.2, 0) is 10.0 Å². The van der Waals surface area contributed by atoms with Gasteiger partial charge in [0.15, 0.2) is 0 Å². The quantitative estimate of drug-likeness (QED) is 0.829. The third-order valence-electron chi connectivity index (χ3n) is 2.97. The zero-order valence-electron chi connectivity index (χ0n) is 9.97. The van der Waals surface area contributed by atoms with Gasteiger partial charge in [0.25, 0.3) is 0 Å². The number of rotatable bonds is 5. The van der Waals surface area contributed by atoms with Crippen LogP contribution in [0.4, 0.5) is 5.82 Å². The maximum Gasteiger partial charge on any atom is 0.242 e. The molecule has 1 fully saturated rings. The lowest BCUT2D eigenvalue weighted by Gasteiger charge is -2.13. The van der Waals surface area contributed by atoms with E-state index in [1.165, 1.54) is 6.20 Å². The fourth-order valence-electron chi connectivity index (χ4n) is 1.69. The molecule has 1 atom stereocenters. The lowest BCUT2D eigenvalue weighted by atomic mass is 10.2. The first-order valence-electron chi connectivity index (χ1n) is 5.69. The van der Waals surface area contributed by atoms with Gasteiger partial charge in [-0.25, -0.2) is 18.1 Å². The maximum absolute atomic E-state index is 12.0. The maximum atomic E-state index is 12.0. The molecular weight excluding hydrogens is 238 g/mol. The smallest absolute Gasteiger partial charge is 0.242 e. The molecule has 17 heavy (non-hydrogen) atoms. The first kappa shape index (κ1) is 12.3. The molecule has 1 aromatic rings. The van der Waals surface area contributed by atoms with Crippen LogP contribution < -0.4 is 10.0 Å². The van der Waals surface area contributed by atoms with Gasteiger partial charge in [0, 0.05) is 19.3 Å². The Morgan fingerprint density at radius 2 is 2.12 bits per heavy atom. The van der Waals surface area contributed by atoms with Gasteiger partial charge in [-0.2, -0.15) is 0 Å². The predicted molar refractivity (Wildman–Crippen MR) is 66.3 cm³/mol. The molecule has 2 N–H and O–H groups in total. The monoisotopic (exact) mass is 255 g/mol. The molecule has 0 aliphatic heterocycles. The van der Waals surface area contributed by atoms with E-state index >= 15 is 0 Å². The highest BCUT2D eigenvalue weighted by molar-refractivity contribution is 7.89. The zero-order chi connectivity index (χ0) is 12.5. The lowest BCUT2D eigenvalue weighted by Crippen LogP contribution is -2.34. The summed E-state index contributed by atoms with van der Waals surface area (Å²) in [4.78, 5) is 4.21. The number of hydrogen-bond acceptors (Lipinski definition) is 4. The van der Waals surface area contributed by atoms with Gasteiger partial charge in [-0.1, -0.05) is 0 Å². The summed E-state index contributed by atoms with van der Waals surface area (Å²) in [6, 6.07) is 3.21. The van der Waals surface area contributed by atoms with Gasteiger partial charge < -0.3 is 5.32 Å². The Morgan fingerprint density at radius 1 is 1.41 bits per heavy atom. The van der Waals surface area contributed by atoms with Crippen LogP contribution in [0.2, 0.25) is 0 Å². The van der Waals surface area contributed by atoms with E-state index in [9.17, 15) is 8.42 Å². The molecule has 0 aromatic carbocycles. The zero-order valence-corrected chi connectivity index (χ0v) is 10.8. The molecule has 1 aromatic heterocycles. The Hall–Kier alpha value is -1.14. The van der Waals surface area contributed by atoms with Crippen LogP contribution in [0.1, 0.15) is 19.8 Å². The molecule has 0 saturated heterocycles. The molecule has 1 aliphatic carbocycles. The van der Waals surface area contributed by atoms with E-state index in [1.807, 2.05) is 6.92 Å². The largest absolute Gasteiger partial charge is 0.373 e. The van der Waals surface area contributed by atoms with E-state index in [2.05, 4.69) is 15.0 Å². The molecule has 0 bridgehead atoms. The van der Waals surface area contributed by atoms with Crippen molar-refractivity contribution in [1.82, 2.24) is 9.71 Å². The average Bonchev–Trinajstić information content (AvgIpc) is 3.12. The number of nitrogens with one attached hydrogen (secondary N) is 2. The molecule has 94 valence electrons. The summed E-state index contributed by atoms with van der Waals surface area (Å²) in [6.45, 7) is 1.91. The SMILES string of the molecule is CNc1ccc(S(=O)(=O)NC(C)C2CC2)cn1. The molecule has 2 rings (SSSR count). The van der Waals surface area contributed by atoms with Crippen molar-refractivity contribution in [3.05, 3.63) is 18.3 Å². The van der Waals surface area contributed by atoms with Crippen LogP contribution in [0.15, 0.2) is 23.2 Å². The second-order valence-electron chi connectivity index (χ2n) is 4.38. The Morgan fingerprint density at radius 3 is 2.59 bits per heavy atom. The number of sulfonamides is 1. The number of pyridine rings is 1. The minimum absolute atomic E-state index is 0.00368. The second kappa shape index (κ2) is 4.62. The van der Waals surface area contributed by atoms with Crippen LogP contribution in [0.25, 0.3) is 0 Å². The van der Waals surface area contributed by atoms with Gasteiger partial charge in [-0.3, -0.25) is 0 Å². The van der Waals surface area contributed by atoms with E-state index in [0.717, 1.165) is 12.8 Å². The minimum atomic E-state index is -3.43. The topological polar surface area (TPSA) is 71.1 Å². The summed E-state index contributed by atoms with van der Waals surface area (Å²) in [5, 5.41) is 2.85. The molecule has 1 saturated carbocycles. The Labute approximate surface area is 102 Å². The summed E-state index contributed by atoms with van der Waals surface area (Å²) in [5.41, 5.74) is 0. The summed E-state index contributed by atoms with van der Waals surface area (Å²) in [6.07, 6.45) is 3.59. The van der Waals surface area contributed by atoms with Gasteiger partial charge in [0.1, 0.15) is 10.7 Å². The van der Waals surface area contributed by atoms with Gasteiger partial charge in [-0.05, 0) is 37.8 Å². The average molecular weight is 255 g/mol. The highest BCUT2D eigenvalue weighted by Gasteiger charge is 2.31.